The van der Waals surface area contributed by atoms with Crippen LogP contribution in [0.5, 0.6) is 0 Å². The number of allylic oxidation sites excluding steroid dienone is 2. The summed E-state index contributed by atoms with van der Waals surface area (Å²) < 4.78 is 0. The van der Waals surface area contributed by atoms with Crippen molar-refractivity contribution >= 4 is 33.4 Å². The predicted molar refractivity (Wildman–Crippen MR) is 121 cm³/mol. The minimum absolute atomic E-state index is 0.140. The Labute approximate surface area is 181 Å². The van der Waals surface area contributed by atoms with Gasteiger partial charge in [0.1, 0.15) is 16.7 Å². The lowest BCUT2D eigenvalue weighted by atomic mass is 9.86. The Balaban J connectivity index is 1.64. The molecule has 160 valence electrons. The van der Waals surface area contributed by atoms with Gasteiger partial charge in [-0.15, -0.1) is 0 Å². The molecule has 0 bridgehead atoms. The van der Waals surface area contributed by atoms with E-state index >= 15 is 0 Å². The van der Waals surface area contributed by atoms with E-state index in [1.165, 1.54) is 22.6 Å². The van der Waals surface area contributed by atoms with Gasteiger partial charge in [0.25, 0.3) is 5.91 Å². The van der Waals surface area contributed by atoms with Crippen LogP contribution >= 0.6 is 11.3 Å². The number of fused-ring (bicyclic) bond motifs is 1. The summed E-state index contributed by atoms with van der Waals surface area (Å²) in [6.45, 7) is 8.70. The van der Waals surface area contributed by atoms with Crippen LogP contribution in [0.15, 0.2) is 29.7 Å². The van der Waals surface area contributed by atoms with Gasteiger partial charge in [0.15, 0.2) is 10.8 Å². The number of hydrogen-bond acceptors (Lipinski definition) is 7. The second-order valence-corrected chi connectivity index (χ2v) is 9.62. The molecule has 8 heteroatoms. The smallest absolute Gasteiger partial charge is 0.280 e. The van der Waals surface area contributed by atoms with Crippen LogP contribution in [0.2, 0.25) is 0 Å². The second-order valence-electron chi connectivity index (χ2n) is 8.64. The summed E-state index contributed by atoms with van der Waals surface area (Å²) in [6.07, 6.45) is 9.00. The van der Waals surface area contributed by atoms with Crippen LogP contribution in [0.3, 0.4) is 0 Å². The normalized spacial score (nSPS) is 21.0. The Morgan fingerprint density at radius 1 is 1.40 bits per heavy atom. The average Bonchev–Trinajstić information content (AvgIpc) is 3.29. The van der Waals surface area contributed by atoms with Crippen molar-refractivity contribution in [3.8, 4) is 0 Å². The van der Waals surface area contributed by atoms with E-state index in [9.17, 15) is 4.79 Å². The number of hydrogen-bond donors (Lipinski definition) is 2. The molecule has 2 unspecified atom stereocenters. The fourth-order valence-corrected chi connectivity index (χ4v) is 5.02. The largest absolute Gasteiger partial charge is 0.350 e. The highest BCUT2D eigenvalue weighted by molar-refractivity contribution is 7.19. The highest BCUT2D eigenvalue weighted by Crippen LogP contribution is 2.42. The number of anilines is 1. The summed E-state index contributed by atoms with van der Waals surface area (Å²) in [5.74, 6) is 2.15. The summed E-state index contributed by atoms with van der Waals surface area (Å²) >= 11 is 1.32. The van der Waals surface area contributed by atoms with E-state index in [0.29, 0.717) is 41.4 Å². The van der Waals surface area contributed by atoms with Crippen molar-refractivity contribution in [2.45, 2.75) is 40.0 Å². The van der Waals surface area contributed by atoms with Crippen LogP contribution < -0.4 is 16.0 Å². The van der Waals surface area contributed by atoms with Crippen LogP contribution in [0.4, 0.5) is 5.82 Å². The summed E-state index contributed by atoms with van der Waals surface area (Å²) in [4.78, 5) is 29.2. The molecule has 3 heterocycles. The van der Waals surface area contributed by atoms with Crippen LogP contribution in [0, 0.1) is 17.8 Å². The Kier molecular flexibility index (Phi) is 6.15. The quantitative estimate of drug-likeness (QED) is 0.703. The summed E-state index contributed by atoms with van der Waals surface area (Å²) in [6, 6.07) is 0. The number of nitrogens with zero attached hydrogens (tertiary/aromatic N) is 4. The molecule has 3 N–H and O–H groups in total. The van der Waals surface area contributed by atoms with E-state index in [0.717, 1.165) is 36.5 Å². The molecule has 0 aromatic carbocycles. The molecule has 0 fully saturated rings. The molecular formula is C22H30N6OS. The van der Waals surface area contributed by atoms with Gasteiger partial charge < -0.3 is 16.0 Å². The van der Waals surface area contributed by atoms with Gasteiger partial charge >= 0.3 is 0 Å². The van der Waals surface area contributed by atoms with Gasteiger partial charge in [0.05, 0.1) is 0 Å². The average molecular weight is 427 g/mol. The molecule has 0 radical (unpaired) electrons. The second kappa shape index (κ2) is 8.81. The topological polar surface area (TPSA) is 97.0 Å². The third kappa shape index (κ3) is 4.11. The first-order valence-corrected chi connectivity index (χ1v) is 11.6. The molecule has 1 aliphatic heterocycles. The zero-order valence-corrected chi connectivity index (χ0v) is 18.7. The molecule has 7 nitrogen and oxygen atoms in total. The third-order valence-corrected chi connectivity index (χ3v) is 6.75. The molecule has 1 aliphatic carbocycles. The highest BCUT2D eigenvalue weighted by Gasteiger charge is 2.34. The van der Waals surface area contributed by atoms with Crippen molar-refractivity contribution in [2.24, 2.45) is 23.5 Å². The molecule has 2 aromatic heterocycles. The minimum Gasteiger partial charge on any atom is -0.350 e. The maximum Gasteiger partial charge on any atom is 0.280 e. The van der Waals surface area contributed by atoms with E-state index in [2.05, 4.69) is 58.1 Å². The van der Waals surface area contributed by atoms with Crippen LogP contribution in [0.25, 0.3) is 10.3 Å². The van der Waals surface area contributed by atoms with E-state index in [-0.39, 0.29) is 5.91 Å². The van der Waals surface area contributed by atoms with Crippen molar-refractivity contribution < 1.29 is 4.79 Å². The number of thiazole rings is 1. The Bertz CT molecular complexity index is 995. The zero-order chi connectivity index (χ0) is 21.3. The molecule has 2 atom stereocenters. The number of carbonyl (C=O) groups excluding carboxylic acids is 1. The number of rotatable bonds is 7. The van der Waals surface area contributed by atoms with E-state index in [1.54, 1.807) is 6.33 Å². The summed E-state index contributed by atoms with van der Waals surface area (Å²) in [5, 5.41) is 3.41. The van der Waals surface area contributed by atoms with Gasteiger partial charge in [0.2, 0.25) is 0 Å². The molecule has 0 saturated heterocycles. The number of carbonyl (C=O) groups is 1. The molecule has 4 rings (SSSR count). The Morgan fingerprint density at radius 3 is 3.00 bits per heavy atom. The maximum absolute atomic E-state index is 12.6. The standard InChI is InChI=1S/C22H30N6OS/c1-13(2)7-9-24-20(29)22-27-18-19(25-12-26-21(18)30-22)28-11-15(6-8-23)16-10-14(3)4-5-17(16)28/h4-5,12-15H,6-11,23H2,1-3H3,(H,24,29). The van der Waals surface area contributed by atoms with Gasteiger partial charge in [-0.05, 0) is 49.3 Å². The SMILES string of the molecule is CC(C)CCNC(=O)c1nc2c(N3CC(CCN)C4=C3C=CC(C)C4)ncnc2s1. The van der Waals surface area contributed by atoms with Gasteiger partial charge in [-0.1, -0.05) is 38.2 Å². The van der Waals surface area contributed by atoms with Gasteiger partial charge in [-0.2, -0.15) is 0 Å². The number of nitrogens with one attached hydrogen (secondary N) is 1. The van der Waals surface area contributed by atoms with Crippen molar-refractivity contribution in [1.82, 2.24) is 20.3 Å². The first-order valence-electron chi connectivity index (χ1n) is 10.8. The molecule has 2 aromatic rings. The summed E-state index contributed by atoms with van der Waals surface area (Å²) in [5.41, 5.74) is 9.27. The molecule has 30 heavy (non-hydrogen) atoms. The zero-order valence-electron chi connectivity index (χ0n) is 17.9. The lowest BCUT2D eigenvalue weighted by Gasteiger charge is -2.22. The highest BCUT2D eigenvalue weighted by atomic mass is 32.1. The lowest BCUT2D eigenvalue weighted by molar-refractivity contribution is 0.0952. The Hall–Kier alpha value is -2.32. The lowest BCUT2D eigenvalue weighted by Crippen LogP contribution is -2.25. The Morgan fingerprint density at radius 2 is 2.23 bits per heavy atom. The van der Waals surface area contributed by atoms with Crippen molar-refractivity contribution in [1.29, 1.82) is 0 Å². The molecule has 1 amide bonds. The number of aromatic nitrogens is 3. The van der Waals surface area contributed by atoms with Crippen LogP contribution in [-0.2, 0) is 0 Å². The van der Waals surface area contributed by atoms with E-state index in [1.807, 2.05) is 0 Å². The van der Waals surface area contributed by atoms with Gasteiger partial charge in [0, 0.05) is 24.7 Å². The van der Waals surface area contributed by atoms with Crippen molar-refractivity contribution in [3.05, 3.63) is 34.8 Å². The molecule has 2 aliphatic rings. The van der Waals surface area contributed by atoms with Crippen LogP contribution in [-0.4, -0.2) is 40.5 Å². The maximum atomic E-state index is 12.6. The minimum atomic E-state index is -0.140. The van der Waals surface area contributed by atoms with Crippen molar-refractivity contribution in [3.63, 3.8) is 0 Å². The predicted octanol–water partition coefficient (Wildman–Crippen LogP) is 3.50. The first kappa shape index (κ1) is 20.9. The number of amides is 1. The number of nitrogens with two attached hydrogens (primary N) is 1. The van der Waals surface area contributed by atoms with E-state index in [4.69, 9.17) is 5.73 Å². The molecule has 0 saturated carbocycles. The summed E-state index contributed by atoms with van der Waals surface area (Å²) in [7, 11) is 0. The fraction of sp³-hybridized carbons (Fsp3) is 0.545. The third-order valence-electron chi connectivity index (χ3n) is 5.79. The molecular weight excluding hydrogens is 396 g/mol. The fourth-order valence-electron chi connectivity index (χ4n) is 4.20. The van der Waals surface area contributed by atoms with Gasteiger partial charge in [-0.3, -0.25) is 4.79 Å². The molecule has 0 spiro atoms. The van der Waals surface area contributed by atoms with E-state index < -0.39 is 0 Å². The van der Waals surface area contributed by atoms with Crippen LogP contribution in [0.1, 0.15) is 49.8 Å². The van der Waals surface area contributed by atoms with Crippen molar-refractivity contribution in [2.75, 3.05) is 24.5 Å². The monoisotopic (exact) mass is 426 g/mol. The van der Waals surface area contributed by atoms with Gasteiger partial charge in [-0.25, -0.2) is 15.0 Å². The first-order chi connectivity index (χ1) is 14.5.